The quantitative estimate of drug-likeness (QED) is 0.353. The summed E-state index contributed by atoms with van der Waals surface area (Å²) in [6.07, 6.45) is 10.3. The molecule has 0 atom stereocenters. The molecule has 3 aromatic carbocycles. The Kier molecular flexibility index (Phi) is 4.44. The summed E-state index contributed by atoms with van der Waals surface area (Å²) in [4.78, 5) is 31.7. The van der Waals surface area contributed by atoms with Gasteiger partial charge in [-0.25, -0.2) is 19.9 Å². The van der Waals surface area contributed by atoms with Gasteiger partial charge in [0.2, 0.25) is 0 Å². The third-order valence-corrected chi connectivity index (χ3v) is 6.89. The van der Waals surface area contributed by atoms with Crippen LogP contribution in [0.3, 0.4) is 0 Å². The summed E-state index contributed by atoms with van der Waals surface area (Å²) < 4.78 is 2.21. The maximum atomic E-state index is 13.1. The second kappa shape index (κ2) is 7.81. The zero-order chi connectivity index (χ0) is 24.2. The van der Waals surface area contributed by atoms with Gasteiger partial charge < -0.3 is 9.47 Å². The third-order valence-electron chi connectivity index (χ3n) is 6.89. The molecular weight excluding hydrogens is 448 g/mol. The minimum atomic E-state index is 0.0479. The van der Waals surface area contributed by atoms with E-state index in [2.05, 4.69) is 60.9 Å². The van der Waals surface area contributed by atoms with E-state index in [1.54, 1.807) is 4.90 Å². The summed E-state index contributed by atoms with van der Waals surface area (Å²) in [7, 11) is 1.85. The van der Waals surface area contributed by atoms with E-state index in [9.17, 15) is 4.79 Å². The van der Waals surface area contributed by atoms with Gasteiger partial charge in [-0.15, -0.1) is 0 Å². The van der Waals surface area contributed by atoms with Gasteiger partial charge in [0.15, 0.2) is 0 Å². The van der Waals surface area contributed by atoms with Crippen LogP contribution < -0.4 is 0 Å². The van der Waals surface area contributed by atoms with E-state index in [1.165, 1.54) is 12.7 Å². The number of nitrogens with zero attached hydrogens (tertiary/aromatic N) is 6. The summed E-state index contributed by atoms with van der Waals surface area (Å²) in [6.45, 7) is 0.620. The molecule has 6 aromatic rings. The van der Waals surface area contributed by atoms with Crippen molar-refractivity contribution in [1.29, 1.82) is 0 Å². The summed E-state index contributed by atoms with van der Waals surface area (Å²) >= 11 is 0. The highest BCUT2D eigenvalue weighted by atomic mass is 16.2. The van der Waals surface area contributed by atoms with Crippen molar-refractivity contribution in [2.24, 2.45) is 0 Å². The molecule has 0 unspecified atom stereocenters. The molecular formula is C29H20N6O. The molecule has 36 heavy (non-hydrogen) atoms. The summed E-state index contributed by atoms with van der Waals surface area (Å²) in [6, 6.07) is 18.9. The van der Waals surface area contributed by atoms with Crippen LogP contribution in [0.2, 0.25) is 0 Å². The number of benzene rings is 3. The number of carbonyl (C=O) groups is 1. The third kappa shape index (κ3) is 3.03. The number of hydrogen-bond donors (Lipinski definition) is 0. The molecule has 0 radical (unpaired) electrons. The van der Waals surface area contributed by atoms with Crippen molar-refractivity contribution in [3.05, 3.63) is 103 Å². The topological polar surface area (TPSA) is 76.8 Å². The van der Waals surface area contributed by atoms with E-state index >= 15 is 0 Å². The van der Waals surface area contributed by atoms with Crippen LogP contribution in [-0.4, -0.2) is 42.4 Å². The van der Waals surface area contributed by atoms with E-state index in [-0.39, 0.29) is 5.91 Å². The van der Waals surface area contributed by atoms with Gasteiger partial charge in [0.1, 0.15) is 12.7 Å². The zero-order valence-corrected chi connectivity index (χ0v) is 19.5. The predicted octanol–water partition coefficient (Wildman–Crippen LogP) is 5.28. The summed E-state index contributed by atoms with van der Waals surface area (Å²) in [5.41, 5.74) is 8.73. The average Bonchev–Trinajstić information content (AvgIpc) is 3.42. The molecule has 4 heterocycles. The maximum absolute atomic E-state index is 13.1. The first-order valence-corrected chi connectivity index (χ1v) is 11.7. The Labute approximate surface area is 206 Å². The minimum Gasteiger partial charge on any atom is -0.337 e. The Morgan fingerprint density at radius 1 is 0.694 bits per heavy atom. The standard InChI is InChI=1S/C29H20N6O/c1-34-15-20-3-2-4-27(28(20)29(34)36)35-25-7-5-18(21-11-30-16-31-12-21)9-23(25)24-10-19(6-8-26(24)35)22-13-32-17-33-14-22/h2-14,16-17H,15H2,1H3. The lowest BCUT2D eigenvalue weighted by Gasteiger charge is -2.12. The average molecular weight is 469 g/mol. The normalized spacial score (nSPS) is 13.0. The van der Waals surface area contributed by atoms with E-state index in [0.717, 1.165) is 60.9 Å². The van der Waals surface area contributed by atoms with Crippen molar-refractivity contribution in [2.45, 2.75) is 6.54 Å². The van der Waals surface area contributed by atoms with Crippen molar-refractivity contribution >= 4 is 27.7 Å². The van der Waals surface area contributed by atoms with Crippen LogP contribution in [0.25, 0.3) is 49.7 Å². The molecule has 7 nitrogen and oxygen atoms in total. The highest BCUT2D eigenvalue weighted by molar-refractivity contribution is 6.13. The van der Waals surface area contributed by atoms with Crippen molar-refractivity contribution in [3.8, 4) is 27.9 Å². The van der Waals surface area contributed by atoms with E-state index in [1.807, 2.05) is 50.0 Å². The Balaban J connectivity index is 1.55. The van der Waals surface area contributed by atoms with Crippen molar-refractivity contribution in [3.63, 3.8) is 0 Å². The van der Waals surface area contributed by atoms with Crippen LogP contribution in [0.1, 0.15) is 15.9 Å². The van der Waals surface area contributed by atoms with Gasteiger partial charge in [-0.05, 0) is 47.0 Å². The van der Waals surface area contributed by atoms with Crippen molar-refractivity contribution < 1.29 is 4.79 Å². The fraction of sp³-hybridized carbons (Fsp3) is 0.0690. The second-order valence-corrected chi connectivity index (χ2v) is 9.03. The van der Waals surface area contributed by atoms with E-state index in [0.29, 0.717) is 6.54 Å². The number of aromatic nitrogens is 5. The fourth-order valence-electron chi connectivity index (χ4n) is 5.21. The highest BCUT2D eigenvalue weighted by Crippen LogP contribution is 2.39. The number of amides is 1. The fourth-order valence-corrected chi connectivity index (χ4v) is 5.21. The highest BCUT2D eigenvalue weighted by Gasteiger charge is 2.29. The Bertz CT molecular complexity index is 1700. The van der Waals surface area contributed by atoms with Crippen molar-refractivity contribution in [1.82, 2.24) is 29.4 Å². The van der Waals surface area contributed by atoms with Crippen LogP contribution >= 0.6 is 0 Å². The van der Waals surface area contributed by atoms with Crippen LogP contribution in [0.15, 0.2) is 92.0 Å². The molecule has 0 fully saturated rings. The molecule has 1 amide bonds. The summed E-state index contributed by atoms with van der Waals surface area (Å²) in [5.74, 6) is 0.0479. The van der Waals surface area contributed by atoms with Gasteiger partial charge in [-0.2, -0.15) is 0 Å². The summed E-state index contributed by atoms with van der Waals surface area (Å²) in [5, 5.41) is 2.17. The predicted molar refractivity (Wildman–Crippen MR) is 139 cm³/mol. The molecule has 1 aliphatic rings. The lowest BCUT2D eigenvalue weighted by molar-refractivity contribution is 0.0816. The molecule has 0 saturated carbocycles. The van der Waals surface area contributed by atoms with Crippen LogP contribution in [0.5, 0.6) is 0 Å². The Morgan fingerprint density at radius 3 is 1.81 bits per heavy atom. The first kappa shape index (κ1) is 20.5. The molecule has 7 rings (SSSR count). The number of fused-ring (bicyclic) bond motifs is 4. The molecule has 0 saturated heterocycles. The van der Waals surface area contributed by atoms with Gasteiger partial charge in [0.05, 0.1) is 22.3 Å². The Morgan fingerprint density at radius 2 is 1.25 bits per heavy atom. The molecule has 172 valence electrons. The molecule has 0 spiro atoms. The monoisotopic (exact) mass is 468 g/mol. The first-order valence-electron chi connectivity index (χ1n) is 11.7. The maximum Gasteiger partial charge on any atom is 0.256 e. The SMILES string of the molecule is CN1Cc2cccc(-n3c4ccc(-c5cncnc5)cc4c4cc(-c5cncnc5)ccc43)c2C1=O. The van der Waals surface area contributed by atoms with Gasteiger partial charge in [0, 0.05) is 60.3 Å². The minimum absolute atomic E-state index is 0.0479. The first-order chi connectivity index (χ1) is 17.7. The van der Waals surface area contributed by atoms with Crippen LogP contribution in [-0.2, 0) is 6.54 Å². The number of hydrogen-bond acceptors (Lipinski definition) is 5. The lowest BCUT2D eigenvalue weighted by atomic mass is 10.0. The smallest absolute Gasteiger partial charge is 0.256 e. The van der Waals surface area contributed by atoms with Gasteiger partial charge >= 0.3 is 0 Å². The molecule has 0 N–H and O–H groups in total. The lowest BCUT2D eigenvalue weighted by Crippen LogP contribution is -2.18. The van der Waals surface area contributed by atoms with E-state index in [4.69, 9.17) is 0 Å². The van der Waals surface area contributed by atoms with Gasteiger partial charge in [-0.3, -0.25) is 4.79 Å². The molecule has 7 heteroatoms. The molecule has 1 aliphatic heterocycles. The Hall–Kier alpha value is -4.91. The van der Waals surface area contributed by atoms with Crippen LogP contribution in [0, 0.1) is 0 Å². The van der Waals surface area contributed by atoms with Crippen molar-refractivity contribution in [2.75, 3.05) is 7.05 Å². The zero-order valence-electron chi connectivity index (χ0n) is 19.5. The molecule has 0 bridgehead atoms. The van der Waals surface area contributed by atoms with Gasteiger partial charge in [0.25, 0.3) is 5.91 Å². The number of carbonyl (C=O) groups excluding carboxylic acids is 1. The van der Waals surface area contributed by atoms with Gasteiger partial charge in [-0.1, -0.05) is 24.3 Å². The molecule has 0 aliphatic carbocycles. The van der Waals surface area contributed by atoms with E-state index < -0.39 is 0 Å². The number of rotatable bonds is 3. The largest absolute Gasteiger partial charge is 0.337 e. The van der Waals surface area contributed by atoms with Crippen LogP contribution in [0.4, 0.5) is 0 Å². The molecule has 3 aromatic heterocycles. The second-order valence-electron chi connectivity index (χ2n) is 9.03.